The molecular weight excluding hydrogens is 421 g/mol. The Labute approximate surface area is 175 Å². The number of benzene rings is 2. The molecule has 3 amide bonds. The molecule has 2 aromatic rings. The van der Waals surface area contributed by atoms with Gasteiger partial charge in [0.05, 0.1) is 16.8 Å². The molecule has 158 valence electrons. The van der Waals surface area contributed by atoms with E-state index in [1.54, 1.807) is 23.1 Å². The van der Waals surface area contributed by atoms with Gasteiger partial charge in [-0.05, 0) is 42.5 Å². The second-order valence-electron chi connectivity index (χ2n) is 7.34. The monoisotopic (exact) mass is 438 g/mol. The predicted octanol–water partition coefficient (Wildman–Crippen LogP) is 4.54. The van der Waals surface area contributed by atoms with Gasteiger partial charge >= 0.3 is 12.2 Å². The number of nitrogens with zero attached hydrogens (tertiary/aromatic N) is 1. The summed E-state index contributed by atoms with van der Waals surface area (Å²) in [4.78, 5) is 26.5. The lowest BCUT2D eigenvalue weighted by molar-refractivity contribution is -0.137. The summed E-state index contributed by atoms with van der Waals surface area (Å²) in [6.45, 7) is 0.714. The highest BCUT2D eigenvalue weighted by Crippen LogP contribution is 2.33. The van der Waals surface area contributed by atoms with E-state index in [1.807, 2.05) is 0 Å². The van der Waals surface area contributed by atoms with Crippen molar-refractivity contribution in [2.24, 2.45) is 0 Å². The second-order valence-corrected chi connectivity index (χ2v) is 7.78. The van der Waals surface area contributed by atoms with Gasteiger partial charge in [-0.3, -0.25) is 4.79 Å². The largest absolute Gasteiger partial charge is 0.416 e. The smallest absolute Gasteiger partial charge is 0.362 e. The van der Waals surface area contributed by atoms with Crippen molar-refractivity contribution in [3.05, 3.63) is 58.6 Å². The summed E-state index contributed by atoms with van der Waals surface area (Å²) in [6.07, 6.45) is -3.50. The molecule has 2 aliphatic heterocycles. The van der Waals surface area contributed by atoms with Crippen LogP contribution in [-0.2, 0) is 6.18 Å². The molecule has 2 aliphatic rings. The maximum Gasteiger partial charge on any atom is 0.416 e. The van der Waals surface area contributed by atoms with Crippen LogP contribution in [0.25, 0.3) is 0 Å². The number of carbonyl (C=O) groups is 2. The highest BCUT2D eigenvalue weighted by molar-refractivity contribution is 6.31. The quantitative estimate of drug-likeness (QED) is 0.612. The zero-order valence-corrected chi connectivity index (χ0v) is 16.4. The summed E-state index contributed by atoms with van der Waals surface area (Å²) >= 11 is 6.03. The minimum absolute atomic E-state index is 0.205. The maximum absolute atomic E-state index is 12.7. The van der Waals surface area contributed by atoms with Crippen LogP contribution < -0.4 is 16.0 Å². The number of halogens is 4. The van der Waals surface area contributed by atoms with E-state index in [2.05, 4.69) is 16.0 Å². The van der Waals surface area contributed by atoms with Crippen molar-refractivity contribution in [3.63, 3.8) is 0 Å². The van der Waals surface area contributed by atoms with E-state index in [9.17, 15) is 22.8 Å². The number of fused-ring (bicyclic) bond motifs is 1. The van der Waals surface area contributed by atoms with Gasteiger partial charge in [0, 0.05) is 36.6 Å². The number of carbonyl (C=O) groups excluding carboxylic acids is 2. The average Bonchev–Trinajstić information content (AvgIpc) is 2.67. The van der Waals surface area contributed by atoms with Crippen LogP contribution in [0.1, 0.15) is 28.8 Å². The number of amides is 3. The molecule has 0 unspecified atom stereocenters. The molecule has 10 heteroatoms. The molecule has 4 rings (SSSR count). The van der Waals surface area contributed by atoms with Crippen LogP contribution >= 0.6 is 11.6 Å². The molecule has 2 heterocycles. The van der Waals surface area contributed by atoms with Crippen molar-refractivity contribution < 1.29 is 22.8 Å². The number of urea groups is 1. The lowest BCUT2D eigenvalue weighted by atomic mass is 9.92. The Morgan fingerprint density at radius 3 is 2.37 bits per heavy atom. The number of hydrogen-bond acceptors (Lipinski definition) is 3. The number of piperidine rings is 1. The van der Waals surface area contributed by atoms with Crippen molar-refractivity contribution in [1.82, 2.24) is 10.2 Å². The Hall–Kier alpha value is -2.94. The van der Waals surface area contributed by atoms with Gasteiger partial charge < -0.3 is 20.9 Å². The number of alkyl halides is 3. The summed E-state index contributed by atoms with van der Waals surface area (Å²) in [7, 11) is 0. The minimum atomic E-state index is -4.43. The van der Waals surface area contributed by atoms with Crippen LogP contribution in [0.2, 0.25) is 5.02 Å². The summed E-state index contributed by atoms with van der Waals surface area (Å²) in [6, 6.07) is 8.87. The molecule has 3 N–H and O–H groups in total. The summed E-state index contributed by atoms with van der Waals surface area (Å²) in [5.74, 6) is -0.205. The van der Waals surface area contributed by atoms with E-state index >= 15 is 0 Å². The summed E-state index contributed by atoms with van der Waals surface area (Å²) in [5, 5.41) is 9.43. The van der Waals surface area contributed by atoms with Gasteiger partial charge in [-0.15, -0.1) is 0 Å². The van der Waals surface area contributed by atoms with Crippen LogP contribution in [0.4, 0.5) is 29.3 Å². The fourth-order valence-corrected chi connectivity index (χ4v) is 3.85. The van der Waals surface area contributed by atoms with Crippen molar-refractivity contribution in [2.45, 2.75) is 24.7 Å². The van der Waals surface area contributed by atoms with Crippen LogP contribution in [0, 0.1) is 0 Å². The van der Waals surface area contributed by atoms with Crippen molar-refractivity contribution >= 4 is 34.9 Å². The van der Waals surface area contributed by atoms with Crippen LogP contribution in [0.15, 0.2) is 42.5 Å². The van der Waals surface area contributed by atoms with Crippen molar-refractivity contribution in [2.75, 3.05) is 23.7 Å². The van der Waals surface area contributed by atoms with Gasteiger partial charge in [0.1, 0.15) is 5.66 Å². The number of hydrogen-bond donors (Lipinski definition) is 3. The Morgan fingerprint density at radius 2 is 1.73 bits per heavy atom. The number of rotatable bonds is 1. The predicted molar refractivity (Wildman–Crippen MR) is 107 cm³/mol. The highest BCUT2D eigenvalue weighted by Gasteiger charge is 2.41. The molecule has 0 radical (unpaired) electrons. The van der Waals surface area contributed by atoms with Crippen molar-refractivity contribution in [1.29, 1.82) is 0 Å². The van der Waals surface area contributed by atoms with E-state index in [4.69, 9.17) is 11.6 Å². The molecule has 0 bridgehead atoms. The van der Waals surface area contributed by atoms with E-state index in [0.29, 0.717) is 42.2 Å². The maximum atomic E-state index is 12.7. The van der Waals surface area contributed by atoms with E-state index in [0.717, 1.165) is 12.1 Å². The first-order valence-corrected chi connectivity index (χ1v) is 9.66. The topological polar surface area (TPSA) is 73.5 Å². The zero-order valence-electron chi connectivity index (χ0n) is 15.6. The third kappa shape index (κ3) is 4.02. The Balaban J connectivity index is 1.39. The fraction of sp³-hybridized carbons (Fsp3) is 0.300. The lowest BCUT2D eigenvalue weighted by Crippen LogP contribution is -2.63. The number of nitrogens with one attached hydrogen (secondary N) is 3. The van der Waals surface area contributed by atoms with Gasteiger partial charge in [-0.25, -0.2) is 4.79 Å². The van der Waals surface area contributed by atoms with Gasteiger partial charge in [0.2, 0.25) is 0 Å². The van der Waals surface area contributed by atoms with E-state index in [1.165, 1.54) is 12.1 Å². The van der Waals surface area contributed by atoms with Gasteiger partial charge in [0.25, 0.3) is 5.91 Å². The van der Waals surface area contributed by atoms with E-state index < -0.39 is 23.4 Å². The molecular formula is C20H18ClF3N4O2. The zero-order chi connectivity index (χ0) is 21.5. The SMILES string of the molecule is O=C1NC2(CCN(C(=O)Nc3ccc(C(F)(F)F)cc3)CC2)Nc2cc(Cl)ccc21. The minimum Gasteiger partial charge on any atom is -0.362 e. The Kier molecular flexibility index (Phi) is 5.01. The third-order valence-corrected chi connectivity index (χ3v) is 5.56. The molecule has 2 aromatic carbocycles. The molecule has 1 spiro atoms. The normalized spacial score (nSPS) is 17.7. The highest BCUT2D eigenvalue weighted by atomic mass is 35.5. The van der Waals surface area contributed by atoms with E-state index in [-0.39, 0.29) is 11.6 Å². The fourth-order valence-electron chi connectivity index (χ4n) is 3.68. The first kappa shape index (κ1) is 20.3. The summed E-state index contributed by atoms with van der Waals surface area (Å²) < 4.78 is 38.0. The molecule has 0 saturated carbocycles. The first-order valence-electron chi connectivity index (χ1n) is 9.29. The van der Waals surface area contributed by atoms with Gasteiger partial charge in [0.15, 0.2) is 0 Å². The van der Waals surface area contributed by atoms with Crippen molar-refractivity contribution in [3.8, 4) is 0 Å². The average molecular weight is 439 g/mol. The lowest BCUT2D eigenvalue weighted by Gasteiger charge is -2.45. The standard InChI is InChI=1S/C20H18ClF3N4O2/c21-13-3-6-15-16(11-13)26-19(27-17(15)29)7-9-28(10-8-19)18(30)25-14-4-1-12(2-5-14)20(22,23)24/h1-6,11,26H,7-10H2,(H,25,30)(H,27,29). The Morgan fingerprint density at radius 1 is 1.07 bits per heavy atom. The third-order valence-electron chi connectivity index (χ3n) is 5.32. The molecule has 0 atom stereocenters. The van der Waals surface area contributed by atoms with Gasteiger partial charge in [-0.2, -0.15) is 13.2 Å². The van der Waals surface area contributed by atoms with Crippen LogP contribution in [-0.4, -0.2) is 35.6 Å². The number of likely N-dealkylation sites (tertiary alicyclic amines) is 1. The molecule has 30 heavy (non-hydrogen) atoms. The molecule has 1 saturated heterocycles. The second kappa shape index (κ2) is 7.39. The first-order chi connectivity index (χ1) is 14.2. The Bertz CT molecular complexity index is 987. The molecule has 1 fully saturated rings. The van der Waals surface area contributed by atoms with Gasteiger partial charge in [-0.1, -0.05) is 11.6 Å². The van der Waals surface area contributed by atoms with Crippen LogP contribution in [0.5, 0.6) is 0 Å². The molecule has 0 aromatic heterocycles. The molecule has 0 aliphatic carbocycles. The molecule has 6 nitrogen and oxygen atoms in total. The summed E-state index contributed by atoms with van der Waals surface area (Å²) in [5.41, 5.74) is -0.0258. The van der Waals surface area contributed by atoms with Crippen LogP contribution in [0.3, 0.4) is 0 Å². The number of anilines is 2.